The number of hydrogen-bond donors (Lipinski definition) is 6. The largest absolute Gasteiger partial charge is 0.347 e. The molecule has 17 nitrogen and oxygen atoms in total. The molecule has 3 aliphatic rings. The summed E-state index contributed by atoms with van der Waals surface area (Å²) in [5.41, 5.74) is 4.28. The molecule has 17 heteroatoms. The summed E-state index contributed by atoms with van der Waals surface area (Å²) in [6.45, 7) is 16.7. The minimum atomic E-state index is -1.01. The summed E-state index contributed by atoms with van der Waals surface area (Å²) in [5.74, 6) is -1.78. The third-order valence-electron chi connectivity index (χ3n) is 14.9. The fourth-order valence-corrected chi connectivity index (χ4v) is 10.3. The third-order valence-corrected chi connectivity index (χ3v) is 14.9. The maximum atomic E-state index is 15.2. The molecule has 3 heterocycles. The molecule has 9 atom stereocenters. The van der Waals surface area contributed by atoms with Crippen LogP contribution in [-0.4, -0.2) is 112 Å². The van der Waals surface area contributed by atoms with E-state index in [1.165, 1.54) is 5.56 Å². The standard InChI is InChI=1S/C56H76N10O7/c1-32(57-10)49(67)62-46(55(4,5)6)53(71)65-30-39-27-37(24-25-38(39)28-44(65)52(70)61-43(48-59-34(3)73-64-48)26-35-18-13-12-14-19-35)40-29-45(51(69)60-42-23-17-21-36-20-15-16-22-41(36)42)66(31-40)54(72)47(56(7,8)9)63-50(68)33(2)58-11/h12-16,18-20,22,24-25,27,32-33,40,42-47,57-58H,17,21,23,26,28-31H2,1-11H3,(H,60,69)(H,61,70)(H,62,67)(H,63,68)/t32-,33-,40?,42?,43?,44?,45-,46?,47+/m0/s1. The van der Waals surface area contributed by atoms with Gasteiger partial charge in [0, 0.05) is 38.8 Å². The molecule has 5 unspecified atom stereocenters. The Morgan fingerprint density at radius 2 is 1.34 bits per heavy atom. The van der Waals surface area contributed by atoms with Crippen LogP contribution >= 0.6 is 0 Å². The van der Waals surface area contributed by atoms with Crippen molar-refractivity contribution in [3.63, 3.8) is 0 Å². The second-order valence-corrected chi connectivity index (χ2v) is 22.4. The summed E-state index contributed by atoms with van der Waals surface area (Å²) >= 11 is 0. The Bertz CT molecular complexity index is 2640. The molecule has 1 aliphatic carbocycles. The van der Waals surface area contributed by atoms with Crippen molar-refractivity contribution in [2.45, 2.75) is 162 Å². The van der Waals surface area contributed by atoms with Crippen LogP contribution < -0.4 is 31.9 Å². The van der Waals surface area contributed by atoms with Gasteiger partial charge in [0.15, 0.2) is 5.82 Å². The van der Waals surface area contributed by atoms with Gasteiger partial charge in [-0.25, -0.2) is 0 Å². The molecule has 4 aromatic rings. The molecule has 2 aliphatic heterocycles. The van der Waals surface area contributed by atoms with E-state index in [2.05, 4.69) is 54.2 Å². The SMILES string of the molecule is CN[C@@H](C)C(=O)NC(C(=O)N1Cc2cc(C3C[C@@H](C(=O)NC4CCCc5ccccc54)N(C(=O)[C@@H](NC(=O)[C@H](C)NC)C(C)(C)C)C3)ccc2CC1C(=O)NC(Cc1ccccc1)c1noc(C)n1)C(C)(C)C. The Hall–Kier alpha value is -6.46. The van der Waals surface area contributed by atoms with Gasteiger partial charge in [0.1, 0.15) is 24.2 Å². The lowest BCUT2D eigenvalue weighted by Gasteiger charge is -2.41. The van der Waals surface area contributed by atoms with E-state index < -0.39 is 64.9 Å². The van der Waals surface area contributed by atoms with Crippen LogP contribution in [0.5, 0.6) is 0 Å². The lowest BCUT2D eigenvalue weighted by molar-refractivity contribution is -0.147. The van der Waals surface area contributed by atoms with Gasteiger partial charge in [-0.1, -0.05) is 119 Å². The number of aromatic nitrogens is 2. The van der Waals surface area contributed by atoms with Gasteiger partial charge in [-0.2, -0.15) is 4.98 Å². The highest BCUT2D eigenvalue weighted by atomic mass is 16.5. The van der Waals surface area contributed by atoms with Gasteiger partial charge in [0.05, 0.1) is 24.2 Å². The van der Waals surface area contributed by atoms with Crippen molar-refractivity contribution < 1.29 is 33.3 Å². The molecule has 0 spiro atoms. The molecule has 1 fully saturated rings. The highest BCUT2D eigenvalue weighted by Gasteiger charge is 2.47. The second-order valence-electron chi connectivity index (χ2n) is 22.4. The number of likely N-dealkylation sites (tertiary alicyclic amines) is 1. The van der Waals surface area contributed by atoms with E-state index in [-0.39, 0.29) is 55.1 Å². The van der Waals surface area contributed by atoms with E-state index in [0.717, 1.165) is 47.1 Å². The zero-order chi connectivity index (χ0) is 52.9. The average Bonchev–Trinajstić information content (AvgIpc) is 4.02. The number of carbonyl (C=O) groups is 6. The number of carbonyl (C=O) groups excluding carboxylic acids is 6. The first kappa shape index (κ1) is 54.3. The molecule has 3 aromatic carbocycles. The first-order valence-electron chi connectivity index (χ1n) is 25.8. The van der Waals surface area contributed by atoms with Crippen LogP contribution in [0.1, 0.15) is 138 Å². The van der Waals surface area contributed by atoms with Crippen LogP contribution in [0, 0.1) is 17.8 Å². The molecule has 392 valence electrons. The molecule has 73 heavy (non-hydrogen) atoms. The van der Waals surface area contributed by atoms with Crippen molar-refractivity contribution in [2.24, 2.45) is 10.8 Å². The van der Waals surface area contributed by atoms with Gasteiger partial charge in [0.25, 0.3) is 0 Å². The van der Waals surface area contributed by atoms with Crippen molar-refractivity contribution in [3.05, 3.63) is 118 Å². The molecular weight excluding hydrogens is 925 g/mol. The van der Waals surface area contributed by atoms with Crippen molar-refractivity contribution >= 4 is 35.4 Å². The van der Waals surface area contributed by atoms with Crippen LogP contribution in [0.3, 0.4) is 0 Å². The molecule has 7 rings (SSSR count). The minimum Gasteiger partial charge on any atom is -0.347 e. The Labute approximate surface area is 430 Å². The first-order valence-corrected chi connectivity index (χ1v) is 25.8. The summed E-state index contributed by atoms with van der Waals surface area (Å²) in [6, 6.07) is 18.0. The van der Waals surface area contributed by atoms with Gasteiger partial charge < -0.3 is 46.2 Å². The van der Waals surface area contributed by atoms with E-state index in [1.54, 1.807) is 44.7 Å². The lowest BCUT2D eigenvalue weighted by Crippen LogP contribution is -2.62. The summed E-state index contributed by atoms with van der Waals surface area (Å²) < 4.78 is 5.36. The number of benzene rings is 3. The van der Waals surface area contributed by atoms with Crippen LogP contribution in [-0.2, 0) is 54.6 Å². The highest BCUT2D eigenvalue weighted by Crippen LogP contribution is 2.38. The third kappa shape index (κ3) is 12.7. The first-order chi connectivity index (χ1) is 34.6. The van der Waals surface area contributed by atoms with Crippen LogP contribution in [0.4, 0.5) is 0 Å². The topological polar surface area (TPSA) is 220 Å². The Balaban J connectivity index is 1.24. The predicted molar refractivity (Wildman–Crippen MR) is 277 cm³/mol. The van der Waals surface area contributed by atoms with E-state index >= 15 is 9.59 Å². The zero-order valence-corrected chi connectivity index (χ0v) is 44.4. The van der Waals surface area contributed by atoms with Gasteiger partial charge >= 0.3 is 0 Å². The average molecular weight is 1000 g/mol. The molecule has 0 saturated carbocycles. The number of hydrogen-bond acceptors (Lipinski definition) is 11. The number of fused-ring (bicyclic) bond motifs is 2. The Morgan fingerprint density at radius 1 is 0.726 bits per heavy atom. The smallest absolute Gasteiger partial charge is 0.246 e. The summed E-state index contributed by atoms with van der Waals surface area (Å²) in [5, 5.41) is 22.6. The molecule has 1 aromatic heterocycles. The number of aryl methyl sites for hydroxylation is 2. The quantitative estimate of drug-likeness (QED) is 0.0888. The lowest BCUT2D eigenvalue weighted by atomic mass is 9.83. The molecule has 0 radical (unpaired) electrons. The van der Waals surface area contributed by atoms with Crippen molar-refractivity contribution in [3.8, 4) is 0 Å². The maximum absolute atomic E-state index is 15.2. The number of nitrogens with zero attached hydrogens (tertiary/aromatic N) is 4. The normalized spacial score (nSPS) is 20.9. The van der Waals surface area contributed by atoms with Gasteiger partial charge in [-0.05, 0) is 97.8 Å². The van der Waals surface area contributed by atoms with Gasteiger partial charge in [-0.15, -0.1) is 0 Å². The van der Waals surface area contributed by atoms with E-state index in [9.17, 15) is 19.2 Å². The molecule has 6 amide bonds. The van der Waals surface area contributed by atoms with Crippen LogP contribution in [0.2, 0.25) is 0 Å². The second kappa shape index (κ2) is 22.8. The summed E-state index contributed by atoms with van der Waals surface area (Å²) in [4.78, 5) is 94.4. The molecular formula is C56H76N10O7. The Kier molecular flexibility index (Phi) is 16.9. The van der Waals surface area contributed by atoms with Gasteiger partial charge in [-0.3, -0.25) is 28.8 Å². The number of nitrogens with one attached hydrogen (secondary N) is 6. The monoisotopic (exact) mass is 1000 g/mol. The van der Waals surface area contributed by atoms with E-state index in [0.29, 0.717) is 24.6 Å². The van der Waals surface area contributed by atoms with Crippen LogP contribution in [0.25, 0.3) is 0 Å². The van der Waals surface area contributed by atoms with Crippen molar-refractivity contribution in [1.82, 2.24) is 51.8 Å². The van der Waals surface area contributed by atoms with Crippen LogP contribution in [0.15, 0.2) is 77.3 Å². The number of rotatable bonds is 16. The van der Waals surface area contributed by atoms with Crippen molar-refractivity contribution in [1.29, 1.82) is 0 Å². The summed E-state index contributed by atoms with van der Waals surface area (Å²) in [7, 11) is 3.36. The fraction of sp³-hybridized carbons (Fsp3) is 0.536. The van der Waals surface area contributed by atoms with E-state index in [4.69, 9.17) is 4.52 Å². The number of amides is 6. The maximum Gasteiger partial charge on any atom is 0.246 e. The number of likely N-dealkylation sites (N-methyl/N-ethyl adjacent to an activating group) is 2. The molecule has 6 N–H and O–H groups in total. The summed E-state index contributed by atoms with van der Waals surface area (Å²) in [6.07, 6.45) is 3.46. The predicted octanol–water partition coefficient (Wildman–Crippen LogP) is 4.89. The highest BCUT2D eigenvalue weighted by molar-refractivity contribution is 5.95. The van der Waals surface area contributed by atoms with Crippen molar-refractivity contribution in [2.75, 3.05) is 20.6 Å². The Morgan fingerprint density at radius 3 is 1.95 bits per heavy atom. The molecule has 0 bridgehead atoms. The van der Waals surface area contributed by atoms with Gasteiger partial charge in [0.2, 0.25) is 41.3 Å². The zero-order valence-electron chi connectivity index (χ0n) is 44.4. The molecule has 1 saturated heterocycles. The fourth-order valence-electron chi connectivity index (χ4n) is 10.3. The minimum absolute atomic E-state index is 0.0386. The van der Waals surface area contributed by atoms with E-state index in [1.807, 2.05) is 102 Å².